The molecule has 20 heavy (non-hydrogen) atoms. The molecule has 0 amide bonds. The molecule has 0 spiro atoms. The predicted molar refractivity (Wildman–Crippen MR) is 79.2 cm³/mol. The maximum absolute atomic E-state index is 12.8. The predicted octanol–water partition coefficient (Wildman–Crippen LogP) is 2.09. The first-order chi connectivity index (χ1) is 9.37. The van der Waals surface area contributed by atoms with Crippen molar-refractivity contribution in [2.45, 2.75) is 37.6 Å². The van der Waals surface area contributed by atoms with Crippen molar-refractivity contribution in [3.8, 4) is 5.75 Å². The Hall–Kier alpha value is -1.27. The number of nitrogen functional groups attached to an aromatic ring is 1. The maximum atomic E-state index is 12.8. The highest BCUT2D eigenvalue weighted by atomic mass is 32.2. The second-order valence-electron chi connectivity index (χ2n) is 5.38. The van der Waals surface area contributed by atoms with Crippen molar-refractivity contribution in [1.82, 2.24) is 4.31 Å². The van der Waals surface area contributed by atoms with Crippen molar-refractivity contribution in [3.63, 3.8) is 0 Å². The fraction of sp³-hybridized carbons (Fsp3) is 0.571. The molecule has 1 saturated heterocycles. The molecule has 6 heteroatoms. The third-order valence-corrected chi connectivity index (χ3v) is 6.11. The van der Waals surface area contributed by atoms with Crippen molar-refractivity contribution in [3.05, 3.63) is 18.2 Å². The van der Waals surface area contributed by atoms with E-state index in [9.17, 15) is 8.42 Å². The molecule has 0 aliphatic carbocycles. The zero-order chi connectivity index (χ0) is 14.9. The molecule has 1 aromatic carbocycles. The van der Waals surface area contributed by atoms with Crippen LogP contribution in [0.15, 0.2) is 23.1 Å². The van der Waals surface area contributed by atoms with E-state index in [1.807, 2.05) is 6.92 Å². The largest absolute Gasteiger partial charge is 0.495 e. The Labute approximate surface area is 120 Å². The number of anilines is 1. The van der Waals surface area contributed by atoms with Gasteiger partial charge in [-0.15, -0.1) is 0 Å². The number of nitrogens with zero attached hydrogens (tertiary/aromatic N) is 1. The molecule has 0 radical (unpaired) electrons. The Morgan fingerprint density at radius 2 is 2.05 bits per heavy atom. The minimum absolute atomic E-state index is 0.0114. The molecule has 2 unspecified atom stereocenters. The minimum atomic E-state index is -3.50. The number of nitrogens with two attached hydrogens (primary N) is 1. The van der Waals surface area contributed by atoms with Gasteiger partial charge in [-0.05, 0) is 37.8 Å². The van der Waals surface area contributed by atoms with Crippen LogP contribution in [0.25, 0.3) is 0 Å². The lowest BCUT2D eigenvalue weighted by molar-refractivity contribution is 0.202. The van der Waals surface area contributed by atoms with E-state index in [0.717, 1.165) is 12.8 Å². The molecular weight excluding hydrogens is 276 g/mol. The molecule has 5 nitrogen and oxygen atoms in total. The summed E-state index contributed by atoms with van der Waals surface area (Å²) in [4.78, 5) is 0.240. The van der Waals surface area contributed by atoms with Gasteiger partial charge in [0.05, 0.1) is 17.7 Å². The van der Waals surface area contributed by atoms with Crippen molar-refractivity contribution in [1.29, 1.82) is 0 Å². The fourth-order valence-corrected chi connectivity index (χ4v) is 4.41. The molecule has 2 atom stereocenters. The Kier molecular flexibility index (Phi) is 4.25. The molecule has 1 aromatic rings. The lowest BCUT2D eigenvalue weighted by Crippen LogP contribution is -2.45. The zero-order valence-electron chi connectivity index (χ0n) is 12.2. The van der Waals surface area contributed by atoms with Crippen molar-refractivity contribution in [2.75, 3.05) is 19.4 Å². The van der Waals surface area contributed by atoms with Crippen LogP contribution in [-0.4, -0.2) is 32.4 Å². The summed E-state index contributed by atoms with van der Waals surface area (Å²) >= 11 is 0. The van der Waals surface area contributed by atoms with E-state index in [0.29, 0.717) is 23.9 Å². The van der Waals surface area contributed by atoms with Gasteiger partial charge in [0.2, 0.25) is 10.0 Å². The number of methoxy groups -OCH3 is 1. The average Bonchev–Trinajstić information content (AvgIpc) is 2.42. The van der Waals surface area contributed by atoms with Gasteiger partial charge in [0.15, 0.2) is 0 Å². The number of piperidine rings is 1. The minimum Gasteiger partial charge on any atom is -0.495 e. The van der Waals surface area contributed by atoms with E-state index >= 15 is 0 Å². The van der Waals surface area contributed by atoms with Gasteiger partial charge in [0, 0.05) is 18.7 Å². The Morgan fingerprint density at radius 1 is 1.35 bits per heavy atom. The molecule has 0 bridgehead atoms. The first-order valence-corrected chi connectivity index (χ1v) is 8.27. The summed E-state index contributed by atoms with van der Waals surface area (Å²) in [6.45, 7) is 4.63. The number of rotatable bonds is 3. The topological polar surface area (TPSA) is 72.6 Å². The third kappa shape index (κ3) is 2.62. The van der Waals surface area contributed by atoms with E-state index in [2.05, 4.69) is 6.92 Å². The highest BCUT2D eigenvalue weighted by Gasteiger charge is 2.34. The van der Waals surface area contributed by atoms with Crippen LogP contribution >= 0.6 is 0 Å². The van der Waals surface area contributed by atoms with Gasteiger partial charge >= 0.3 is 0 Å². The van der Waals surface area contributed by atoms with Crippen molar-refractivity contribution >= 4 is 15.7 Å². The second kappa shape index (κ2) is 5.61. The maximum Gasteiger partial charge on any atom is 0.243 e. The summed E-state index contributed by atoms with van der Waals surface area (Å²) in [5.74, 6) is 0.762. The van der Waals surface area contributed by atoms with Gasteiger partial charge in [-0.2, -0.15) is 4.31 Å². The van der Waals surface area contributed by atoms with Crippen LogP contribution in [0.1, 0.15) is 26.7 Å². The van der Waals surface area contributed by atoms with Crippen molar-refractivity contribution in [2.24, 2.45) is 5.92 Å². The third-order valence-electron chi connectivity index (χ3n) is 4.13. The second-order valence-corrected chi connectivity index (χ2v) is 7.27. The molecule has 1 aliphatic rings. The number of hydrogen-bond donors (Lipinski definition) is 1. The monoisotopic (exact) mass is 298 g/mol. The van der Waals surface area contributed by atoms with Gasteiger partial charge in [-0.1, -0.05) is 6.92 Å². The van der Waals surface area contributed by atoms with Crippen LogP contribution in [0.4, 0.5) is 5.69 Å². The highest BCUT2D eigenvalue weighted by Crippen LogP contribution is 2.31. The smallest absolute Gasteiger partial charge is 0.243 e. The van der Waals surface area contributed by atoms with Crippen molar-refractivity contribution < 1.29 is 13.2 Å². The molecule has 112 valence electrons. The molecule has 0 aromatic heterocycles. The normalized spacial score (nSPS) is 24.6. The fourth-order valence-electron chi connectivity index (χ4n) is 2.62. The standard InChI is InChI=1S/C14H22N2O3S/c1-10-5-4-8-16(11(10)2)20(17,18)12-6-7-13(15)14(9-12)19-3/h6-7,9-11H,4-5,8,15H2,1-3H3. The molecule has 1 fully saturated rings. The number of ether oxygens (including phenoxy) is 1. The summed E-state index contributed by atoms with van der Waals surface area (Å²) in [6, 6.07) is 4.62. The Balaban J connectivity index is 2.39. The summed E-state index contributed by atoms with van der Waals surface area (Å²) in [5, 5.41) is 0. The van der Waals surface area contributed by atoms with Crippen LogP contribution in [0.2, 0.25) is 0 Å². The average molecular weight is 298 g/mol. The SMILES string of the molecule is COc1cc(S(=O)(=O)N2CCCC(C)C2C)ccc1N. The molecule has 2 rings (SSSR count). The number of sulfonamides is 1. The Bertz CT molecular complexity index is 586. The quantitative estimate of drug-likeness (QED) is 0.867. The van der Waals surface area contributed by atoms with Crippen LogP contribution in [0, 0.1) is 5.92 Å². The van der Waals surface area contributed by atoms with Crippen LogP contribution in [-0.2, 0) is 10.0 Å². The highest BCUT2D eigenvalue weighted by molar-refractivity contribution is 7.89. The Morgan fingerprint density at radius 3 is 2.70 bits per heavy atom. The van der Waals surface area contributed by atoms with Gasteiger partial charge in [-0.25, -0.2) is 8.42 Å². The summed E-state index contributed by atoms with van der Waals surface area (Å²) in [5.41, 5.74) is 6.17. The van der Waals surface area contributed by atoms with Gasteiger partial charge < -0.3 is 10.5 Å². The molecule has 1 aliphatic heterocycles. The summed E-state index contributed by atoms with van der Waals surface area (Å²) in [7, 11) is -2.02. The first kappa shape index (κ1) is 15.1. The van der Waals surface area contributed by atoms with Gasteiger partial charge in [-0.3, -0.25) is 0 Å². The zero-order valence-corrected chi connectivity index (χ0v) is 13.0. The number of hydrogen-bond acceptors (Lipinski definition) is 4. The molecule has 1 heterocycles. The van der Waals surface area contributed by atoms with E-state index in [-0.39, 0.29) is 10.9 Å². The van der Waals surface area contributed by atoms with Crippen LogP contribution in [0.5, 0.6) is 5.75 Å². The van der Waals surface area contributed by atoms with E-state index in [1.165, 1.54) is 13.2 Å². The molecular formula is C14H22N2O3S. The lowest BCUT2D eigenvalue weighted by Gasteiger charge is -2.36. The van der Waals surface area contributed by atoms with E-state index in [1.54, 1.807) is 16.4 Å². The number of benzene rings is 1. The molecule has 0 saturated carbocycles. The summed E-state index contributed by atoms with van der Waals surface area (Å²) < 4.78 is 32.2. The van der Waals surface area contributed by atoms with E-state index in [4.69, 9.17) is 10.5 Å². The van der Waals surface area contributed by atoms with Crippen LogP contribution in [0.3, 0.4) is 0 Å². The summed E-state index contributed by atoms with van der Waals surface area (Å²) in [6.07, 6.45) is 1.97. The first-order valence-electron chi connectivity index (χ1n) is 6.83. The van der Waals surface area contributed by atoms with E-state index < -0.39 is 10.0 Å². The van der Waals surface area contributed by atoms with Gasteiger partial charge in [0.1, 0.15) is 5.75 Å². The molecule has 2 N–H and O–H groups in total. The van der Waals surface area contributed by atoms with Gasteiger partial charge in [0.25, 0.3) is 0 Å². The van der Waals surface area contributed by atoms with Crippen LogP contribution < -0.4 is 10.5 Å². The lowest BCUT2D eigenvalue weighted by atomic mass is 9.94.